The van der Waals surface area contributed by atoms with Gasteiger partial charge < -0.3 is 14.8 Å². The van der Waals surface area contributed by atoms with Crippen LogP contribution < -0.4 is 10.1 Å². The highest BCUT2D eigenvalue weighted by molar-refractivity contribution is 5.95. The van der Waals surface area contributed by atoms with Gasteiger partial charge in [0.1, 0.15) is 5.75 Å². The summed E-state index contributed by atoms with van der Waals surface area (Å²) >= 11 is 0. The molecule has 0 saturated carbocycles. The average molecular weight is 499 g/mol. The zero-order chi connectivity index (χ0) is 25.5. The first kappa shape index (κ1) is 24.6. The second kappa shape index (κ2) is 11.8. The van der Waals surface area contributed by atoms with Crippen LogP contribution in [0.2, 0.25) is 0 Å². The summed E-state index contributed by atoms with van der Waals surface area (Å²) in [6.45, 7) is 5.38. The van der Waals surface area contributed by atoms with Gasteiger partial charge in [-0.15, -0.1) is 10.2 Å². The second-order valence-electron chi connectivity index (χ2n) is 8.96. The minimum atomic E-state index is -0.148. The maximum atomic E-state index is 12.8. The van der Waals surface area contributed by atoms with Gasteiger partial charge >= 0.3 is 0 Å². The Morgan fingerprint density at radius 2 is 1.65 bits per heavy atom. The van der Waals surface area contributed by atoms with E-state index in [1.54, 1.807) is 19.2 Å². The Hall–Kier alpha value is -4.08. The highest BCUT2D eigenvalue weighted by atomic mass is 16.5. The van der Waals surface area contributed by atoms with E-state index in [4.69, 9.17) is 9.47 Å². The fraction of sp³-hybridized carbons (Fsp3) is 0.286. The Labute approximate surface area is 216 Å². The van der Waals surface area contributed by atoms with E-state index in [-0.39, 0.29) is 5.91 Å². The first-order valence-corrected chi connectivity index (χ1v) is 12.3. The van der Waals surface area contributed by atoms with Crippen molar-refractivity contribution >= 4 is 5.91 Å². The van der Waals surface area contributed by atoms with E-state index in [0.717, 1.165) is 55.3 Å². The molecule has 190 valence electrons. The Kier molecular flexibility index (Phi) is 7.83. The molecule has 1 amide bonds. The number of tetrazole rings is 1. The smallest absolute Gasteiger partial charge is 0.251 e. The van der Waals surface area contributed by atoms with E-state index in [0.29, 0.717) is 24.5 Å². The number of carbonyl (C=O) groups is 1. The van der Waals surface area contributed by atoms with Crippen molar-refractivity contribution in [1.82, 2.24) is 30.4 Å². The number of rotatable bonds is 9. The molecule has 0 aliphatic carbocycles. The third-order valence-corrected chi connectivity index (χ3v) is 6.30. The van der Waals surface area contributed by atoms with Gasteiger partial charge in [0, 0.05) is 37.3 Å². The molecule has 0 bridgehead atoms. The number of aromatic nitrogens is 4. The zero-order valence-electron chi connectivity index (χ0n) is 20.8. The van der Waals surface area contributed by atoms with Crippen LogP contribution in [0.3, 0.4) is 0 Å². The van der Waals surface area contributed by atoms with Crippen LogP contribution in [0.25, 0.3) is 11.4 Å². The Bertz CT molecular complexity index is 1310. The lowest BCUT2D eigenvalue weighted by atomic mass is 10.1. The first-order chi connectivity index (χ1) is 18.2. The molecule has 0 radical (unpaired) electrons. The Morgan fingerprint density at radius 1 is 0.946 bits per heavy atom. The zero-order valence-corrected chi connectivity index (χ0v) is 20.8. The molecule has 9 nitrogen and oxygen atoms in total. The molecule has 37 heavy (non-hydrogen) atoms. The average Bonchev–Trinajstić information content (AvgIpc) is 3.42. The van der Waals surface area contributed by atoms with Gasteiger partial charge in [-0.2, -0.15) is 4.80 Å². The summed E-state index contributed by atoms with van der Waals surface area (Å²) in [6.07, 6.45) is 0. The molecule has 1 aliphatic heterocycles. The van der Waals surface area contributed by atoms with Gasteiger partial charge in [-0.05, 0) is 46.2 Å². The van der Waals surface area contributed by atoms with Crippen molar-refractivity contribution in [2.75, 3.05) is 33.4 Å². The fourth-order valence-corrected chi connectivity index (χ4v) is 4.18. The van der Waals surface area contributed by atoms with Crippen LogP contribution in [0.5, 0.6) is 5.75 Å². The lowest BCUT2D eigenvalue weighted by Crippen LogP contribution is -2.35. The van der Waals surface area contributed by atoms with Crippen LogP contribution >= 0.6 is 0 Å². The number of hydrogen-bond donors (Lipinski definition) is 1. The number of nitrogens with one attached hydrogen (secondary N) is 1. The number of amides is 1. The first-order valence-electron chi connectivity index (χ1n) is 12.3. The van der Waals surface area contributed by atoms with E-state index in [9.17, 15) is 4.79 Å². The standard InChI is InChI=1S/C28H30N6O3/c1-36-26-11-9-23(10-12-26)20-34-31-27(30-32-34)24-3-2-4-25(17-24)28(35)29-18-21-5-7-22(8-6-21)19-33-13-15-37-16-14-33/h2-12,17H,13-16,18-20H2,1H3,(H,29,35). The van der Waals surface area contributed by atoms with Crippen LogP contribution in [0.1, 0.15) is 27.0 Å². The van der Waals surface area contributed by atoms with Gasteiger partial charge in [-0.1, -0.05) is 48.5 Å². The van der Waals surface area contributed by atoms with Gasteiger partial charge in [0.2, 0.25) is 5.82 Å². The molecule has 9 heteroatoms. The summed E-state index contributed by atoms with van der Waals surface area (Å²) in [5.41, 5.74) is 4.64. The molecule has 2 heterocycles. The minimum Gasteiger partial charge on any atom is -0.497 e. The number of ether oxygens (including phenoxy) is 2. The van der Waals surface area contributed by atoms with Crippen LogP contribution in [-0.2, 0) is 24.4 Å². The third kappa shape index (κ3) is 6.58. The van der Waals surface area contributed by atoms with Crippen LogP contribution in [0, 0.1) is 0 Å². The second-order valence-corrected chi connectivity index (χ2v) is 8.96. The Balaban J connectivity index is 1.16. The predicted octanol–water partition coefficient (Wildman–Crippen LogP) is 3.16. The number of nitrogens with zero attached hydrogens (tertiary/aromatic N) is 5. The number of methoxy groups -OCH3 is 1. The molecule has 0 spiro atoms. The highest BCUT2D eigenvalue weighted by Gasteiger charge is 2.12. The molecule has 1 N–H and O–H groups in total. The maximum absolute atomic E-state index is 12.8. The van der Waals surface area contributed by atoms with E-state index in [2.05, 4.69) is 49.9 Å². The molecule has 3 aromatic carbocycles. The van der Waals surface area contributed by atoms with Crippen molar-refractivity contribution < 1.29 is 14.3 Å². The normalized spacial score (nSPS) is 13.9. The van der Waals surface area contributed by atoms with Crippen LogP contribution in [0.4, 0.5) is 0 Å². The minimum absolute atomic E-state index is 0.148. The van der Waals surface area contributed by atoms with Crippen molar-refractivity contribution in [3.05, 3.63) is 95.1 Å². The number of carbonyl (C=O) groups excluding carboxylic acids is 1. The molecule has 5 rings (SSSR count). The molecule has 1 aromatic heterocycles. The fourth-order valence-electron chi connectivity index (χ4n) is 4.18. The van der Waals surface area contributed by atoms with Gasteiger partial charge in [0.15, 0.2) is 0 Å². The molecule has 1 fully saturated rings. The summed E-state index contributed by atoms with van der Waals surface area (Å²) in [5, 5.41) is 15.8. The summed E-state index contributed by atoms with van der Waals surface area (Å²) in [7, 11) is 1.64. The van der Waals surface area contributed by atoms with Crippen molar-refractivity contribution in [2.24, 2.45) is 0 Å². The van der Waals surface area contributed by atoms with Crippen molar-refractivity contribution in [3.8, 4) is 17.1 Å². The lowest BCUT2D eigenvalue weighted by Gasteiger charge is -2.26. The summed E-state index contributed by atoms with van der Waals surface area (Å²) in [5.74, 6) is 1.12. The number of morpholine rings is 1. The summed E-state index contributed by atoms with van der Waals surface area (Å²) in [4.78, 5) is 16.8. The van der Waals surface area contributed by atoms with Crippen molar-refractivity contribution in [2.45, 2.75) is 19.6 Å². The van der Waals surface area contributed by atoms with E-state index in [1.165, 1.54) is 10.4 Å². The summed E-state index contributed by atoms with van der Waals surface area (Å²) in [6, 6.07) is 23.4. The van der Waals surface area contributed by atoms with E-state index in [1.807, 2.05) is 36.4 Å². The van der Waals surface area contributed by atoms with Gasteiger partial charge in [-0.3, -0.25) is 9.69 Å². The quantitative estimate of drug-likeness (QED) is 0.379. The lowest BCUT2D eigenvalue weighted by molar-refractivity contribution is 0.0342. The van der Waals surface area contributed by atoms with Crippen molar-refractivity contribution in [3.63, 3.8) is 0 Å². The predicted molar refractivity (Wildman–Crippen MR) is 139 cm³/mol. The van der Waals surface area contributed by atoms with Crippen LogP contribution in [-0.4, -0.2) is 64.4 Å². The van der Waals surface area contributed by atoms with E-state index >= 15 is 0 Å². The topological polar surface area (TPSA) is 94.4 Å². The largest absolute Gasteiger partial charge is 0.497 e. The van der Waals surface area contributed by atoms with Gasteiger partial charge in [0.25, 0.3) is 5.91 Å². The monoisotopic (exact) mass is 498 g/mol. The number of benzene rings is 3. The molecule has 1 saturated heterocycles. The van der Waals surface area contributed by atoms with E-state index < -0.39 is 0 Å². The summed E-state index contributed by atoms with van der Waals surface area (Å²) < 4.78 is 10.6. The third-order valence-electron chi connectivity index (χ3n) is 6.30. The van der Waals surface area contributed by atoms with Crippen LogP contribution in [0.15, 0.2) is 72.8 Å². The number of hydrogen-bond acceptors (Lipinski definition) is 7. The molecule has 4 aromatic rings. The highest BCUT2D eigenvalue weighted by Crippen LogP contribution is 2.17. The molecule has 0 unspecified atom stereocenters. The molecular formula is C28H30N6O3. The SMILES string of the molecule is COc1ccc(Cn2nnc(-c3cccc(C(=O)NCc4ccc(CN5CCOCC5)cc4)c3)n2)cc1. The molecule has 1 aliphatic rings. The van der Waals surface area contributed by atoms with Gasteiger partial charge in [0.05, 0.1) is 26.9 Å². The van der Waals surface area contributed by atoms with Gasteiger partial charge in [-0.25, -0.2) is 0 Å². The van der Waals surface area contributed by atoms with Crippen molar-refractivity contribution in [1.29, 1.82) is 0 Å². The maximum Gasteiger partial charge on any atom is 0.251 e. The Morgan fingerprint density at radius 3 is 2.41 bits per heavy atom. The molecule has 0 atom stereocenters. The molecular weight excluding hydrogens is 468 g/mol.